The summed E-state index contributed by atoms with van der Waals surface area (Å²) in [5.74, 6) is 0.646. The molecular formula is C15H23N3O2. The summed E-state index contributed by atoms with van der Waals surface area (Å²) >= 11 is 0. The number of fused-ring (bicyclic) bond motifs is 1. The Morgan fingerprint density at radius 3 is 2.85 bits per heavy atom. The molecule has 0 saturated heterocycles. The minimum absolute atomic E-state index is 0.0815. The topological polar surface area (TPSA) is 53.6 Å². The first kappa shape index (κ1) is 14.7. The van der Waals surface area contributed by atoms with Crippen LogP contribution in [0.2, 0.25) is 0 Å². The molecule has 5 nitrogen and oxygen atoms in total. The van der Waals surface area contributed by atoms with Crippen molar-refractivity contribution in [2.75, 3.05) is 32.5 Å². The molecular weight excluding hydrogens is 254 g/mol. The van der Waals surface area contributed by atoms with Gasteiger partial charge in [-0.25, -0.2) is 0 Å². The Labute approximate surface area is 120 Å². The van der Waals surface area contributed by atoms with Crippen molar-refractivity contribution in [3.8, 4) is 5.75 Å². The maximum atomic E-state index is 12.2. The van der Waals surface area contributed by atoms with Gasteiger partial charge in [0.1, 0.15) is 5.75 Å². The summed E-state index contributed by atoms with van der Waals surface area (Å²) in [5.41, 5.74) is 0.848. The molecule has 1 atom stereocenters. The van der Waals surface area contributed by atoms with Gasteiger partial charge in [-0.15, -0.1) is 0 Å². The number of hydrogen-bond acceptors (Lipinski definition) is 4. The monoisotopic (exact) mass is 277 g/mol. The van der Waals surface area contributed by atoms with Crippen LogP contribution < -0.4 is 15.4 Å². The normalized spacial score (nSPS) is 17.9. The third-order valence-electron chi connectivity index (χ3n) is 3.83. The minimum Gasteiger partial charge on any atom is -0.477 e. The Bertz CT molecular complexity index is 486. The molecule has 0 saturated carbocycles. The third-order valence-corrected chi connectivity index (χ3v) is 3.83. The van der Waals surface area contributed by atoms with Gasteiger partial charge in [-0.1, -0.05) is 12.1 Å². The number of anilines is 1. The second-order valence-corrected chi connectivity index (χ2v) is 5.91. The molecule has 2 rings (SSSR count). The Balaban J connectivity index is 1.92. The number of hydrogen-bond donors (Lipinski definition) is 2. The molecule has 0 radical (unpaired) electrons. The van der Waals surface area contributed by atoms with Gasteiger partial charge in [0.2, 0.25) is 0 Å². The van der Waals surface area contributed by atoms with E-state index in [9.17, 15) is 4.79 Å². The van der Waals surface area contributed by atoms with Gasteiger partial charge in [-0.2, -0.15) is 0 Å². The van der Waals surface area contributed by atoms with Gasteiger partial charge >= 0.3 is 0 Å². The molecule has 1 aromatic rings. The van der Waals surface area contributed by atoms with E-state index in [4.69, 9.17) is 4.74 Å². The van der Waals surface area contributed by atoms with Crippen molar-refractivity contribution in [1.29, 1.82) is 0 Å². The summed E-state index contributed by atoms with van der Waals surface area (Å²) in [5, 5.41) is 6.18. The quantitative estimate of drug-likeness (QED) is 0.871. The average molecular weight is 277 g/mol. The van der Waals surface area contributed by atoms with E-state index in [0.29, 0.717) is 13.1 Å². The van der Waals surface area contributed by atoms with E-state index in [1.165, 1.54) is 0 Å². The minimum atomic E-state index is -0.483. The molecule has 1 unspecified atom stereocenters. The lowest BCUT2D eigenvalue weighted by molar-refractivity contribution is -0.128. The zero-order valence-electron chi connectivity index (χ0n) is 12.6. The van der Waals surface area contributed by atoms with Crippen molar-refractivity contribution in [1.82, 2.24) is 10.2 Å². The number of nitrogens with one attached hydrogen (secondary N) is 2. The summed E-state index contributed by atoms with van der Waals surface area (Å²) < 4.78 is 5.73. The van der Waals surface area contributed by atoms with E-state index in [1.807, 2.05) is 38.4 Å². The summed E-state index contributed by atoms with van der Waals surface area (Å²) in [6.45, 7) is 5.25. The summed E-state index contributed by atoms with van der Waals surface area (Å²) in [7, 11) is 4.00. The highest BCUT2D eigenvalue weighted by Gasteiger charge is 2.28. The van der Waals surface area contributed by atoms with Gasteiger partial charge in [-0.3, -0.25) is 4.79 Å². The van der Waals surface area contributed by atoms with Crippen LogP contribution in [-0.2, 0) is 4.79 Å². The SMILES string of the molecule is CN(C)C(C)(C)CNC(=O)C1CNc2ccccc2O1. The third kappa shape index (κ3) is 3.22. The van der Waals surface area contributed by atoms with Crippen LogP contribution in [0.4, 0.5) is 5.69 Å². The lowest BCUT2D eigenvalue weighted by Crippen LogP contribution is -2.52. The molecule has 1 heterocycles. The molecule has 1 amide bonds. The van der Waals surface area contributed by atoms with Crippen LogP contribution in [0.5, 0.6) is 5.75 Å². The van der Waals surface area contributed by atoms with Crippen molar-refractivity contribution >= 4 is 11.6 Å². The van der Waals surface area contributed by atoms with Crippen molar-refractivity contribution < 1.29 is 9.53 Å². The molecule has 0 spiro atoms. The molecule has 0 fully saturated rings. The van der Waals surface area contributed by atoms with Crippen molar-refractivity contribution in [2.24, 2.45) is 0 Å². The molecule has 0 aliphatic carbocycles. The maximum Gasteiger partial charge on any atom is 0.263 e. The molecule has 1 aliphatic heterocycles. The number of amides is 1. The zero-order chi connectivity index (χ0) is 14.8. The molecule has 2 N–H and O–H groups in total. The Hall–Kier alpha value is -1.75. The fourth-order valence-electron chi connectivity index (χ4n) is 1.83. The first-order valence-electron chi connectivity index (χ1n) is 6.85. The molecule has 1 aliphatic rings. The van der Waals surface area contributed by atoms with Crippen LogP contribution in [0.15, 0.2) is 24.3 Å². The lowest BCUT2D eigenvalue weighted by Gasteiger charge is -2.33. The Morgan fingerprint density at radius 2 is 2.15 bits per heavy atom. The van der Waals surface area contributed by atoms with Crippen LogP contribution in [-0.4, -0.2) is 49.6 Å². The number of carbonyl (C=O) groups is 1. The number of rotatable bonds is 4. The van der Waals surface area contributed by atoms with Crippen LogP contribution in [0.3, 0.4) is 0 Å². The lowest BCUT2D eigenvalue weighted by atomic mass is 10.0. The maximum absolute atomic E-state index is 12.2. The van der Waals surface area contributed by atoms with E-state index in [0.717, 1.165) is 11.4 Å². The largest absolute Gasteiger partial charge is 0.477 e. The fourth-order valence-corrected chi connectivity index (χ4v) is 1.83. The molecule has 0 bridgehead atoms. The van der Waals surface area contributed by atoms with E-state index in [-0.39, 0.29) is 11.4 Å². The second-order valence-electron chi connectivity index (χ2n) is 5.91. The van der Waals surface area contributed by atoms with Crippen molar-refractivity contribution in [3.05, 3.63) is 24.3 Å². The molecule has 1 aromatic carbocycles. The van der Waals surface area contributed by atoms with Gasteiger partial charge in [0, 0.05) is 12.1 Å². The molecule has 20 heavy (non-hydrogen) atoms. The highest BCUT2D eigenvalue weighted by atomic mass is 16.5. The average Bonchev–Trinajstić information content (AvgIpc) is 2.44. The predicted molar refractivity (Wildman–Crippen MR) is 80.1 cm³/mol. The number of carbonyl (C=O) groups excluding carboxylic acids is 1. The summed E-state index contributed by atoms with van der Waals surface area (Å²) in [4.78, 5) is 14.3. The van der Waals surface area contributed by atoms with E-state index in [2.05, 4.69) is 29.4 Å². The van der Waals surface area contributed by atoms with E-state index >= 15 is 0 Å². The van der Waals surface area contributed by atoms with Crippen LogP contribution in [0, 0.1) is 0 Å². The summed E-state index contributed by atoms with van der Waals surface area (Å²) in [6.07, 6.45) is -0.483. The highest BCUT2D eigenvalue weighted by Crippen LogP contribution is 2.28. The van der Waals surface area contributed by atoms with Gasteiger partial charge < -0.3 is 20.3 Å². The van der Waals surface area contributed by atoms with E-state index < -0.39 is 6.10 Å². The Morgan fingerprint density at radius 1 is 1.45 bits per heavy atom. The van der Waals surface area contributed by atoms with Crippen molar-refractivity contribution in [3.63, 3.8) is 0 Å². The molecule has 110 valence electrons. The smallest absolute Gasteiger partial charge is 0.263 e. The van der Waals surface area contributed by atoms with Crippen molar-refractivity contribution in [2.45, 2.75) is 25.5 Å². The predicted octanol–water partition coefficient (Wildman–Crippen LogP) is 1.32. The number of likely N-dealkylation sites (N-methyl/N-ethyl adjacent to an activating group) is 1. The fraction of sp³-hybridized carbons (Fsp3) is 0.533. The van der Waals surface area contributed by atoms with Crippen LogP contribution in [0.25, 0.3) is 0 Å². The van der Waals surface area contributed by atoms with Gasteiger partial charge in [0.05, 0.1) is 12.2 Å². The zero-order valence-corrected chi connectivity index (χ0v) is 12.6. The first-order valence-corrected chi connectivity index (χ1v) is 6.85. The van der Waals surface area contributed by atoms with Crippen LogP contribution in [0.1, 0.15) is 13.8 Å². The number of para-hydroxylation sites is 2. The van der Waals surface area contributed by atoms with Gasteiger partial charge in [-0.05, 0) is 40.1 Å². The number of nitrogens with zero attached hydrogens (tertiary/aromatic N) is 1. The number of ether oxygens (including phenoxy) is 1. The molecule has 0 aromatic heterocycles. The first-order chi connectivity index (χ1) is 9.40. The summed E-state index contributed by atoms with van der Waals surface area (Å²) in [6, 6.07) is 7.65. The molecule has 5 heteroatoms. The van der Waals surface area contributed by atoms with Gasteiger partial charge in [0.15, 0.2) is 6.10 Å². The Kier molecular flexibility index (Phi) is 4.18. The number of benzene rings is 1. The standard InChI is InChI=1S/C15H23N3O2/c1-15(2,18(3)4)10-17-14(19)13-9-16-11-7-5-6-8-12(11)20-13/h5-8,13,16H,9-10H2,1-4H3,(H,17,19). The van der Waals surface area contributed by atoms with Gasteiger partial charge in [0.25, 0.3) is 5.91 Å². The highest BCUT2D eigenvalue weighted by molar-refractivity contribution is 5.83. The van der Waals surface area contributed by atoms with E-state index in [1.54, 1.807) is 0 Å². The van der Waals surface area contributed by atoms with Crippen LogP contribution >= 0.6 is 0 Å². The second kappa shape index (κ2) is 5.71.